The number of hydrogen-bond acceptors (Lipinski definition) is 4. The van der Waals surface area contributed by atoms with Crippen LogP contribution < -0.4 is 5.73 Å². The summed E-state index contributed by atoms with van der Waals surface area (Å²) in [5.41, 5.74) is 6.78. The second kappa shape index (κ2) is 5.44. The monoisotopic (exact) mass is 264 g/mol. The number of amides is 1. The van der Waals surface area contributed by atoms with Crippen molar-refractivity contribution in [3.8, 4) is 0 Å². The van der Waals surface area contributed by atoms with Gasteiger partial charge in [0.1, 0.15) is 5.82 Å². The second-order valence-corrected chi connectivity index (χ2v) is 5.15. The van der Waals surface area contributed by atoms with Gasteiger partial charge in [0.05, 0.1) is 0 Å². The fourth-order valence-corrected chi connectivity index (χ4v) is 2.51. The predicted octanol–water partition coefficient (Wildman–Crippen LogP) is 1.24. The van der Waals surface area contributed by atoms with Crippen LogP contribution in [0.3, 0.4) is 0 Å². The van der Waals surface area contributed by atoms with E-state index in [0.29, 0.717) is 12.4 Å². The Hall–Kier alpha value is -1.82. The number of hydrogen-bond donors (Lipinski definition) is 2. The molecule has 0 aliphatic carbocycles. The van der Waals surface area contributed by atoms with Gasteiger partial charge in [0.2, 0.25) is 0 Å². The van der Waals surface area contributed by atoms with Gasteiger partial charge in [0.15, 0.2) is 0 Å². The molecule has 0 spiro atoms. The van der Waals surface area contributed by atoms with Crippen LogP contribution in [0.1, 0.15) is 19.4 Å². The highest BCUT2D eigenvalue weighted by Crippen LogP contribution is 2.18. The fraction of sp³-hybridized carbons (Fsp3) is 0.538. The summed E-state index contributed by atoms with van der Waals surface area (Å²) in [6.07, 6.45) is 0.860. The van der Waals surface area contributed by atoms with Crippen LogP contribution in [0.25, 0.3) is 0 Å². The minimum Gasteiger partial charge on any atom is -0.465 e. The summed E-state index contributed by atoms with van der Waals surface area (Å²) in [5.74, 6) is 0.516. The van der Waals surface area contributed by atoms with Crippen molar-refractivity contribution in [2.24, 2.45) is 0 Å². The van der Waals surface area contributed by atoms with Crippen molar-refractivity contribution in [1.29, 1.82) is 0 Å². The van der Waals surface area contributed by atoms with Crippen molar-refractivity contribution in [2.75, 3.05) is 18.8 Å². The molecule has 0 saturated carbocycles. The van der Waals surface area contributed by atoms with Crippen LogP contribution in [0.2, 0.25) is 0 Å². The zero-order valence-electron chi connectivity index (χ0n) is 11.3. The van der Waals surface area contributed by atoms with Crippen LogP contribution in [0, 0.1) is 0 Å². The number of nitrogens with two attached hydrogens (primary N) is 1. The van der Waals surface area contributed by atoms with Gasteiger partial charge in [0.25, 0.3) is 0 Å². The van der Waals surface area contributed by atoms with E-state index in [-0.39, 0.29) is 12.1 Å². The van der Waals surface area contributed by atoms with Gasteiger partial charge < -0.3 is 15.7 Å². The van der Waals surface area contributed by atoms with E-state index < -0.39 is 6.09 Å². The van der Waals surface area contributed by atoms with Crippen molar-refractivity contribution >= 4 is 11.9 Å². The number of carbonyl (C=O) groups is 1. The van der Waals surface area contributed by atoms with E-state index in [4.69, 9.17) is 10.8 Å². The number of rotatable bonds is 2. The first kappa shape index (κ1) is 13.6. The Morgan fingerprint density at radius 3 is 2.84 bits per heavy atom. The molecule has 1 saturated heterocycles. The average Bonchev–Trinajstić information content (AvgIpc) is 2.33. The molecule has 2 atom stereocenters. The number of aromatic nitrogens is 1. The van der Waals surface area contributed by atoms with Crippen LogP contribution in [0.5, 0.6) is 0 Å². The van der Waals surface area contributed by atoms with E-state index >= 15 is 0 Å². The van der Waals surface area contributed by atoms with E-state index in [9.17, 15) is 4.79 Å². The molecule has 1 amide bonds. The van der Waals surface area contributed by atoms with Gasteiger partial charge in [-0.25, -0.2) is 9.78 Å². The second-order valence-electron chi connectivity index (χ2n) is 5.15. The molecular weight excluding hydrogens is 244 g/mol. The van der Waals surface area contributed by atoms with E-state index in [0.717, 1.165) is 18.7 Å². The van der Waals surface area contributed by atoms with E-state index in [1.54, 1.807) is 6.20 Å². The number of pyridine rings is 1. The van der Waals surface area contributed by atoms with Crippen molar-refractivity contribution in [3.05, 3.63) is 23.9 Å². The highest BCUT2D eigenvalue weighted by Gasteiger charge is 2.31. The van der Waals surface area contributed by atoms with Gasteiger partial charge in [-0.3, -0.25) is 4.90 Å². The third-order valence-corrected chi connectivity index (χ3v) is 3.59. The molecule has 6 heteroatoms. The minimum atomic E-state index is -0.841. The molecule has 2 heterocycles. The lowest BCUT2D eigenvalue weighted by molar-refractivity contribution is 0.0397. The molecule has 1 fully saturated rings. The lowest BCUT2D eigenvalue weighted by Gasteiger charge is -2.42. The first-order valence-electron chi connectivity index (χ1n) is 6.41. The van der Waals surface area contributed by atoms with Crippen LogP contribution in [0.15, 0.2) is 18.3 Å². The number of nitrogen functional groups attached to an aromatic ring is 1. The van der Waals surface area contributed by atoms with Crippen molar-refractivity contribution < 1.29 is 9.90 Å². The topological polar surface area (TPSA) is 82.7 Å². The fourth-order valence-electron chi connectivity index (χ4n) is 2.51. The van der Waals surface area contributed by atoms with E-state index in [2.05, 4.69) is 9.88 Å². The predicted molar refractivity (Wildman–Crippen MR) is 72.7 cm³/mol. The first-order valence-corrected chi connectivity index (χ1v) is 6.41. The van der Waals surface area contributed by atoms with E-state index in [1.165, 1.54) is 4.90 Å². The normalized spacial score (nSPS) is 24.4. The van der Waals surface area contributed by atoms with Crippen LogP contribution in [-0.2, 0) is 6.54 Å². The Bertz CT molecular complexity index is 466. The molecule has 1 aliphatic rings. The summed E-state index contributed by atoms with van der Waals surface area (Å²) < 4.78 is 0. The molecule has 1 aromatic rings. The molecule has 6 nitrogen and oxygen atoms in total. The number of anilines is 1. The van der Waals surface area contributed by atoms with Crippen LogP contribution in [-0.4, -0.2) is 51.2 Å². The minimum absolute atomic E-state index is 0.00730. The zero-order valence-corrected chi connectivity index (χ0v) is 11.3. The van der Waals surface area contributed by atoms with Gasteiger partial charge in [-0.15, -0.1) is 0 Å². The van der Waals surface area contributed by atoms with Gasteiger partial charge >= 0.3 is 6.09 Å². The van der Waals surface area contributed by atoms with Gasteiger partial charge in [0, 0.05) is 37.9 Å². The SMILES string of the molecule is C[C@@H]1CN(Cc2ccnc(N)c2)[C@@H](C)CN1C(=O)O. The molecule has 2 rings (SSSR count). The Morgan fingerprint density at radius 1 is 1.47 bits per heavy atom. The molecule has 1 aliphatic heterocycles. The molecule has 0 radical (unpaired) electrons. The largest absolute Gasteiger partial charge is 0.465 e. The maximum atomic E-state index is 11.1. The lowest BCUT2D eigenvalue weighted by atomic mass is 10.1. The van der Waals surface area contributed by atoms with Crippen LogP contribution >= 0.6 is 0 Å². The molecule has 3 N–H and O–H groups in total. The summed E-state index contributed by atoms with van der Waals surface area (Å²) in [4.78, 5) is 18.9. The highest BCUT2D eigenvalue weighted by atomic mass is 16.4. The third-order valence-electron chi connectivity index (χ3n) is 3.59. The Balaban J connectivity index is 2.04. The van der Waals surface area contributed by atoms with Crippen LogP contribution in [0.4, 0.5) is 10.6 Å². The van der Waals surface area contributed by atoms with Gasteiger partial charge in [-0.2, -0.15) is 0 Å². The third kappa shape index (κ3) is 3.14. The maximum Gasteiger partial charge on any atom is 0.407 e. The van der Waals surface area contributed by atoms with Crippen molar-refractivity contribution in [2.45, 2.75) is 32.5 Å². The standard InChI is InChI=1S/C13H20N4O2/c1-9-7-17(13(18)19)10(2)6-16(9)8-11-3-4-15-12(14)5-11/h3-5,9-10H,6-8H2,1-2H3,(H2,14,15)(H,18,19)/t9-,10+/m0/s1. The number of nitrogens with zero attached hydrogens (tertiary/aromatic N) is 3. The average molecular weight is 264 g/mol. The molecular formula is C13H20N4O2. The molecule has 0 unspecified atom stereocenters. The maximum absolute atomic E-state index is 11.1. The summed E-state index contributed by atoms with van der Waals surface area (Å²) in [6, 6.07) is 4.01. The summed E-state index contributed by atoms with van der Waals surface area (Å²) in [5, 5.41) is 9.12. The Kier molecular flexibility index (Phi) is 3.90. The molecule has 0 bridgehead atoms. The molecule has 1 aromatic heterocycles. The van der Waals surface area contributed by atoms with Crippen molar-refractivity contribution in [3.63, 3.8) is 0 Å². The Morgan fingerprint density at radius 2 is 2.21 bits per heavy atom. The van der Waals surface area contributed by atoms with Crippen molar-refractivity contribution in [1.82, 2.24) is 14.8 Å². The smallest absolute Gasteiger partial charge is 0.407 e. The quantitative estimate of drug-likeness (QED) is 0.839. The number of carboxylic acid groups (broad SMARTS) is 1. The lowest BCUT2D eigenvalue weighted by Crippen LogP contribution is -2.57. The Labute approximate surface area is 112 Å². The molecule has 19 heavy (non-hydrogen) atoms. The summed E-state index contributed by atoms with van der Waals surface area (Å²) >= 11 is 0. The van der Waals surface area contributed by atoms with E-state index in [1.807, 2.05) is 26.0 Å². The summed E-state index contributed by atoms with van der Waals surface area (Å²) in [7, 11) is 0. The highest BCUT2D eigenvalue weighted by molar-refractivity contribution is 5.65. The molecule has 104 valence electrons. The van der Waals surface area contributed by atoms with Gasteiger partial charge in [-0.1, -0.05) is 0 Å². The van der Waals surface area contributed by atoms with Gasteiger partial charge in [-0.05, 0) is 31.5 Å². The molecule has 0 aromatic carbocycles. The summed E-state index contributed by atoms with van der Waals surface area (Å²) in [6.45, 7) is 6.03. The first-order chi connectivity index (χ1) is 8.97. The number of piperazine rings is 1. The zero-order chi connectivity index (χ0) is 14.0.